The fraction of sp³-hybridized carbons (Fsp3) is 0.583. The van der Waals surface area contributed by atoms with Crippen molar-refractivity contribution in [3.63, 3.8) is 0 Å². The summed E-state index contributed by atoms with van der Waals surface area (Å²) in [6, 6.07) is 2.46. The zero-order valence-electron chi connectivity index (χ0n) is 11.3. The highest BCUT2D eigenvalue weighted by Gasteiger charge is 2.29. The molecule has 2 atom stereocenters. The lowest BCUT2D eigenvalue weighted by Gasteiger charge is -2.18. The minimum absolute atomic E-state index is 0.0523. The first-order chi connectivity index (χ1) is 8.99. The first kappa shape index (κ1) is 13.7. The van der Waals surface area contributed by atoms with Crippen LogP contribution >= 0.6 is 0 Å². The van der Waals surface area contributed by atoms with Crippen LogP contribution in [0, 0.1) is 23.0 Å². The Hall–Kier alpha value is -1.73. The molecule has 1 aromatic rings. The van der Waals surface area contributed by atoms with Crippen molar-refractivity contribution >= 4 is 11.5 Å². The van der Waals surface area contributed by atoms with E-state index in [1.54, 1.807) is 13.0 Å². The highest BCUT2D eigenvalue weighted by Crippen LogP contribution is 2.20. The number of hydrogen-bond donors (Lipinski definition) is 3. The van der Waals surface area contributed by atoms with Gasteiger partial charge >= 0.3 is 0 Å². The summed E-state index contributed by atoms with van der Waals surface area (Å²) < 4.78 is 0. The van der Waals surface area contributed by atoms with Gasteiger partial charge < -0.3 is 5.32 Å². The van der Waals surface area contributed by atoms with Crippen molar-refractivity contribution in [1.29, 1.82) is 0 Å². The third-order valence-corrected chi connectivity index (χ3v) is 3.62. The van der Waals surface area contributed by atoms with Gasteiger partial charge in [-0.2, -0.15) is 0 Å². The molecule has 1 saturated heterocycles. The maximum atomic E-state index is 10.7. The lowest BCUT2D eigenvalue weighted by molar-refractivity contribution is -0.385. The molecule has 7 nitrogen and oxygen atoms in total. The molecule has 1 aromatic heterocycles. The van der Waals surface area contributed by atoms with E-state index in [1.807, 2.05) is 0 Å². The zero-order valence-corrected chi connectivity index (χ0v) is 11.3. The van der Waals surface area contributed by atoms with Crippen LogP contribution in [0.2, 0.25) is 0 Å². The normalized spacial score (nSPS) is 26.4. The van der Waals surface area contributed by atoms with Gasteiger partial charge in [-0.15, -0.1) is 0 Å². The molecular weight excluding hydrogens is 246 g/mol. The molecule has 1 fully saturated rings. The Morgan fingerprint density at radius 2 is 2.05 bits per heavy atom. The van der Waals surface area contributed by atoms with Crippen LogP contribution in [0.3, 0.4) is 0 Å². The van der Waals surface area contributed by atoms with Crippen LogP contribution in [0.1, 0.15) is 19.4 Å². The molecule has 0 spiro atoms. The molecule has 0 aromatic carbocycles. The SMILES string of the molecule is Cc1cc(NCC2C(C)NNC2C)ncc1[N+](=O)[O-]. The van der Waals surface area contributed by atoms with Gasteiger partial charge in [-0.25, -0.2) is 4.98 Å². The molecule has 3 N–H and O–H groups in total. The topological polar surface area (TPSA) is 92.1 Å². The van der Waals surface area contributed by atoms with Gasteiger partial charge in [-0.1, -0.05) is 0 Å². The molecule has 0 bridgehead atoms. The second kappa shape index (κ2) is 5.50. The van der Waals surface area contributed by atoms with Crippen LogP contribution in [0.5, 0.6) is 0 Å². The van der Waals surface area contributed by atoms with Gasteiger partial charge in [0, 0.05) is 30.1 Å². The van der Waals surface area contributed by atoms with Crippen LogP contribution in [0.25, 0.3) is 0 Å². The molecule has 19 heavy (non-hydrogen) atoms. The van der Waals surface area contributed by atoms with Gasteiger partial charge in [0.2, 0.25) is 0 Å². The second-order valence-electron chi connectivity index (χ2n) is 5.02. The molecular formula is C12H19N5O2. The van der Waals surface area contributed by atoms with E-state index in [2.05, 4.69) is 35.0 Å². The number of aromatic nitrogens is 1. The molecule has 0 amide bonds. The van der Waals surface area contributed by atoms with Crippen LogP contribution < -0.4 is 16.2 Å². The monoisotopic (exact) mass is 265 g/mol. The lowest BCUT2D eigenvalue weighted by Crippen LogP contribution is -2.30. The van der Waals surface area contributed by atoms with Gasteiger partial charge in [0.15, 0.2) is 0 Å². The molecule has 2 rings (SSSR count). The standard InChI is InChI=1S/C12H19N5O2/c1-7-4-12(14-6-11(7)17(18)19)13-5-10-8(2)15-16-9(10)3/h4,6,8-10,15-16H,5H2,1-3H3,(H,13,14). The highest BCUT2D eigenvalue weighted by atomic mass is 16.6. The molecule has 1 aliphatic heterocycles. The lowest BCUT2D eigenvalue weighted by atomic mass is 9.97. The average Bonchev–Trinajstić information content (AvgIpc) is 2.66. The number of nitrogens with one attached hydrogen (secondary N) is 3. The molecule has 0 radical (unpaired) electrons. The Morgan fingerprint density at radius 3 is 2.58 bits per heavy atom. The number of nitro groups is 1. The summed E-state index contributed by atoms with van der Waals surface area (Å²) in [5.74, 6) is 1.12. The minimum atomic E-state index is -0.416. The van der Waals surface area contributed by atoms with E-state index in [0.29, 0.717) is 29.4 Å². The zero-order chi connectivity index (χ0) is 14.0. The maximum absolute atomic E-state index is 10.7. The second-order valence-corrected chi connectivity index (χ2v) is 5.02. The Bertz CT molecular complexity index is 469. The first-order valence-corrected chi connectivity index (χ1v) is 6.35. The number of pyridine rings is 1. The third kappa shape index (κ3) is 2.99. The number of nitrogens with zero attached hydrogens (tertiary/aromatic N) is 2. The Morgan fingerprint density at radius 1 is 1.42 bits per heavy atom. The van der Waals surface area contributed by atoms with Crippen LogP contribution in [0.15, 0.2) is 12.3 Å². The summed E-state index contributed by atoms with van der Waals surface area (Å²) in [5.41, 5.74) is 7.05. The number of anilines is 1. The number of rotatable bonds is 4. The van der Waals surface area contributed by atoms with Crippen LogP contribution in [0.4, 0.5) is 11.5 Å². The summed E-state index contributed by atoms with van der Waals surface area (Å²) in [4.78, 5) is 14.4. The van der Waals surface area contributed by atoms with Gasteiger partial charge in [0.25, 0.3) is 5.69 Å². The van der Waals surface area contributed by atoms with Crippen molar-refractivity contribution in [3.8, 4) is 0 Å². The molecule has 2 unspecified atom stereocenters. The van der Waals surface area contributed by atoms with Gasteiger partial charge in [0.05, 0.1) is 4.92 Å². The largest absolute Gasteiger partial charge is 0.370 e. The van der Waals surface area contributed by atoms with Crippen molar-refractivity contribution < 1.29 is 4.92 Å². The Labute approximate surface area is 111 Å². The predicted molar refractivity (Wildman–Crippen MR) is 72.8 cm³/mol. The van der Waals surface area contributed by atoms with E-state index < -0.39 is 4.92 Å². The van der Waals surface area contributed by atoms with E-state index in [0.717, 1.165) is 6.54 Å². The van der Waals surface area contributed by atoms with Crippen molar-refractivity contribution in [3.05, 3.63) is 27.9 Å². The molecule has 1 aliphatic rings. The summed E-state index contributed by atoms with van der Waals surface area (Å²) in [6.07, 6.45) is 1.30. The number of aryl methyl sites for hydroxylation is 1. The van der Waals surface area contributed by atoms with E-state index >= 15 is 0 Å². The molecule has 0 aliphatic carbocycles. The van der Waals surface area contributed by atoms with Crippen LogP contribution in [-0.4, -0.2) is 28.5 Å². The molecule has 7 heteroatoms. The molecule has 0 saturated carbocycles. The third-order valence-electron chi connectivity index (χ3n) is 3.62. The summed E-state index contributed by atoms with van der Waals surface area (Å²) >= 11 is 0. The van der Waals surface area contributed by atoms with Gasteiger partial charge in [-0.05, 0) is 26.8 Å². The summed E-state index contributed by atoms with van der Waals surface area (Å²) in [5, 5.41) is 14.0. The molecule has 2 heterocycles. The Balaban J connectivity index is 2.00. The van der Waals surface area contributed by atoms with Crippen LogP contribution in [-0.2, 0) is 0 Å². The summed E-state index contributed by atoms with van der Waals surface area (Å²) in [7, 11) is 0. The predicted octanol–water partition coefficient (Wildman–Crippen LogP) is 1.21. The average molecular weight is 265 g/mol. The quantitative estimate of drug-likeness (QED) is 0.560. The molecule has 104 valence electrons. The number of hydrogen-bond acceptors (Lipinski definition) is 6. The highest BCUT2D eigenvalue weighted by molar-refractivity contribution is 5.46. The van der Waals surface area contributed by atoms with Crippen molar-refractivity contribution in [2.75, 3.05) is 11.9 Å². The van der Waals surface area contributed by atoms with Crippen molar-refractivity contribution in [2.24, 2.45) is 5.92 Å². The number of hydrazine groups is 1. The van der Waals surface area contributed by atoms with E-state index in [4.69, 9.17) is 0 Å². The van der Waals surface area contributed by atoms with Gasteiger partial charge in [0.1, 0.15) is 12.0 Å². The minimum Gasteiger partial charge on any atom is -0.370 e. The fourth-order valence-corrected chi connectivity index (χ4v) is 2.32. The van der Waals surface area contributed by atoms with E-state index in [9.17, 15) is 10.1 Å². The van der Waals surface area contributed by atoms with Gasteiger partial charge in [-0.3, -0.25) is 21.0 Å². The van der Waals surface area contributed by atoms with Crippen molar-refractivity contribution in [1.82, 2.24) is 15.8 Å². The smallest absolute Gasteiger partial charge is 0.290 e. The van der Waals surface area contributed by atoms with E-state index in [-0.39, 0.29) is 5.69 Å². The van der Waals surface area contributed by atoms with Crippen molar-refractivity contribution in [2.45, 2.75) is 32.9 Å². The Kier molecular flexibility index (Phi) is 3.96. The summed E-state index contributed by atoms with van der Waals surface area (Å²) in [6.45, 7) is 6.73. The maximum Gasteiger partial charge on any atom is 0.290 e. The fourth-order valence-electron chi connectivity index (χ4n) is 2.32. The first-order valence-electron chi connectivity index (χ1n) is 6.35. The van der Waals surface area contributed by atoms with E-state index in [1.165, 1.54) is 6.20 Å².